The highest BCUT2D eigenvalue weighted by molar-refractivity contribution is 7.17. The Balaban J connectivity index is 1.76. The first-order valence-electron chi connectivity index (χ1n) is 8.60. The molecular weight excluding hydrogens is 396 g/mol. The van der Waals surface area contributed by atoms with Crippen molar-refractivity contribution in [3.8, 4) is 11.1 Å². The predicted octanol–water partition coefficient (Wildman–Crippen LogP) is 1.14. The van der Waals surface area contributed by atoms with Crippen molar-refractivity contribution in [1.29, 1.82) is 0 Å². The molecule has 0 spiro atoms. The molecule has 0 fully saturated rings. The summed E-state index contributed by atoms with van der Waals surface area (Å²) in [5.41, 5.74) is 6.52. The lowest BCUT2D eigenvalue weighted by molar-refractivity contribution is -0.149. The number of aromatic nitrogens is 2. The Morgan fingerprint density at radius 2 is 1.90 bits per heavy atom. The van der Waals surface area contributed by atoms with Gasteiger partial charge in [-0.2, -0.15) is 0 Å². The number of carbonyl (C=O) groups excluding carboxylic acids is 3. The molecule has 0 saturated carbocycles. The molecule has 9 nitrogen and oxygen atoms in total. The number of carbonyl (C=O) groups is 3. The van der Waals surface area contributed by atoms with E-state index in [-0.39, 0.29) is 5.56 Å². The van der Waals surface area contributed by atoms with Crippen molar-refractivity contribution in [3.63, 3.8) is 0 Å². The molecule has 2 aromatic heterocycles. The number of rotatable bonds is 5. The highest BCUT2D eigenvalue weighted by atomic mass is 32.1. The van der Waals surface area contributed by atoms with E-state index in [2.05, 4.69) is 15.8 Å². The SMILES string of the molecule is CC(=O)NNC(=O)COC(=O)Cn1cnc2scc(-c3ccc(C)cc3)c2c1=O. The minimum absolute atomic E-state index is 0.369. The molecular formula is C19H18N4O5S. The van der Waals surface area contributed by atoms with Gasteiger partial charge in [0.2, 0.25) is 5.91 Å². The van der Waals surface area contributed by atoms with Crippen LogP contribution in [0.25, 0.3) is 21.3 Å². The zero-order valence-electron chi connectivity index (χ0n) is 15.7. The van der Waals surface area contributed by atoms with Crippen LogP contribution in [0.5, 0.6) is 0 Å². The fourth-order valence-corrected chi connectivity index (χ4v) is 3.46. The van der Waals surface area contributed by atoms with Gasteiger partial charge in [-0.15, -0.1) is 11.3 Å². The third-order valence-electron chi connectivity index (χ3n) is 3.96. The molecule has 0 unspecified atom stereocenters. The Bertz CT molecular complexity index is 1130. The molecule has 10 heteroatoms. The minimum Gasteiger partial charge on any atom is -0.454 e. The lowest BCUT2D eigenvalue weighted by Crippen LogP contribution is -2.42. The van der Waals surface area contributed by atoms with Crippen LogP contribution in [-0.2, 0) is 25.7 Å². The number of hydrazine groups is 1. The Morgan fingerprint density at radius 3 is 2.59 bits per heavy atom. The maximum Gasteiger partial charge on any atom is 0.326 e. The summed E-state index contributed by atoms with van der Waals surface area (Å²) in [5, 5.41) is 2.29. The van der Waals surface area contributed by atoms with E-state index in [1.807, 2.05) is 36.6 Å². The number of amides is 2. The molecule has 0 atom stereocenters. The highest BCUT2D eigenvalue weighted by Gasteiger charge is 2.16. The van der Waals surface area contributed by atoms with Crippen LogP contribution in [0.2, 0.25) is 0 Å². The molecule has 3 aromatic rings. The van der Waals surface area contributed by atoms with Crippen molar-refractivity contribution >= 4 is 39.3 Å². The highest BCUT2D eigenvalue weighted by Crippen LogP contribution is 2.30. The van der Waals surface area contributed by atoms with Crippen LogP contribution in [-0.4, -0.2) is 33.9 Å². The first kappa shape index (κ1) is 20.2. The minimum atomic E-state index is -0.779. The van der Waals surface area contributed by atoms with Gasteiger partial charge in [0.25, 0.3) is 11.5 Å². The van der Waals surface area contributed by atoms with E-state index in [0.29, 0.717) is 10.2 Å². The van der Waals surface area contributed by atoms with Crippen LogP contribution in [0.4, 0.5) is 0 Å². The van der Waals surface area contributed by atoms with Crippen molar-refractivity contribution in [3.05, 3.63) is 51.9 Å². The van der Waals surface area contributed by atoms with E-state index in [4.69, 9.17) is 4.74 Å². The van der Waals surface area contributed by atoms with Crippen molar-refractivity contribution in [2.24, 2.45) is 0 Å². The fourth-order valence-electron chi connectivity index (χ4n) is 2.55. The zero-order chi connectivity index (χ0) is 21.0. The number of nitrogens with one attached hydrogen (secondary N) is 2. The van der Waals surface area contributed by atoms with E-state index in [1.54, 1.807) is 0 Å². The van der Waals surface area contributed by atoms with Gasteiger partial charge in [0.15, 0.2) is 6.61 Å². The lowest BCUT2D eigenvalue weighted by Gasteiger charge is -2.08. The van der Waals surface area contributed by atoms with Gasteiger partial charge < -0.3 is 4.74 Å². The second-order valence-corrected chi connectivity index (χ2v) is 7.12. The molecule has 3 rings (SSSR count). The summed E-state index contributed by atoms with van der Waals surface area (Å²) >= 11 is 1.35. The number of hydrogen-bond acceptors (Lipinski definition) is 7. The second-order valence-electron chi connectivity index (χ2n) is 6.26. The van der Waals surface area contributed by atoms with Crippen molar-refractivity contribution in [2.75, 3.05) is 6.61 Å². The van der Waals surface area contributed by atoms with Crippen molar-refractivity contribution < 1.29 is 19.1 Å². The normalized spacial score (nSPS) is 10.6. The zero-order valence-corrected chi connectivity index (χ0v) is 16.5. The van der Waals surface area contributed by atoms with E-state index < -0.39 is 30.9 Å². The standard InChI is InChI=1S/C19H18N4O5S/c1-11-3-5-13(6-4-11)14-9-29-18-17(14)19(27)23(10-20-18)7-16(26)28-8-15(25)22-21-12(2)24/h3-6,9-10H,7-8H2,1-2H3,(H,21,24)(H,22,25). The Kier molecular flexibility index (Phi) is 6.03. The molecule has 0 radical (unpaired) electrons. The average molecular weight is 414 g/mol. The van der Waals surface area contributed by atoms with Gasteiger partial charge in [-0.1, -0.05) is 29.8 Å². The summed E-state index contributed by atoms with van der Waals surface area (Å²) in [7, 11) is 0. The summed E-state index contributed by atoms with van der Waals surface area (Å²) in [6.07, 6.45) is 1.28. The topological polar surface area (TPSA) is 119 Å². The van der Waals surface area contributed by atoms with Crippen LogP contribution in [0.15, 0.2) is 40.8 Å². The molecule has 150 valence electrons. The van der Waals surface area contributed by atoms with Crippen molar-refractivity contribution in [1.82, 2.24) is 20.4 Å². The third kappa shape index (κ3) is 4.85. The second kappa shape index (κ2) is 8.65. The molecule has 29 heavy (non-hydrogen) atoms. The number of ether oxygens (including phenoxy) is 1. The number of nitrogens with zero attached hydrogens (tertiary/aromatic N) is 2. The first-order valence-corrected chi connectivity index (χ1v) is 9.48. The summed E-state index contributed by atoms with van der Waals surface area (Å²) < 4.78 is 5.97. The molecule has 2 amide bonds. The lowest BCUT2D eigenvalue weighted by atomic mass is 10.1. The summed E-state index contributed by atoms with van der Waals surface area (Å²) in [6, 6.07) is 7.76. The van der Waals surface area contributed by atoms with E-state index in [0.717, 1.165) is 21.3 Å². The summed E-state index contributed by atoms with van der Waals surface area (Å²) in [6.45, 7) is 2.22. The Morgan fingerprint density at radius 1 is 1.17 bits per heavy atom. The number of thiophene rings is 1. The molecule has 0 aliphatic carbocycles. The Labute approximate surface area is 169 Å². The average Bonchev–Trinajstić information content (AvgIpc) is 3.12. The quantitative estimate of drug-likeness (QED) is 0.477. The predicted molar refractivity (Wildman–Crippen MR) is 107 cm³/mol. The molecule has 1 aromatic carbocycles. The van der Waals surface area contributed by atoms with Gasteiger partial charge in [0, 0.05) is 17.9 Å². The summed E-state index contributed by atoms with van der Waals surface area (Å²) in [5.74, 6) is -1.94. The van der Waals surface area contributed by atoms with E-state index >= 15 is 0 Å². The van der Waals surface area contributed by atoms with Crippen molar-refractivity contribution in [2.45, 2.75) is 20.4 Å². The van der Waals surface area contributed by atoms with Gasteiger partial charge in [-0.25, -0.2) is 4.98 Å². The van der Waals surface area contributed by atoms with Crippen LogP contribution < -0.4 is 16.4 Å². The van der Waals surface area contributed by atoms with E-state index in [9.17, 15) is 19.2 Å². The number of esters is 1. The van der Waals surface area contributed by atoms with Crippen LogP contribution in [0.3, 0.4) is 0 Å². The molecule has 0 bridgehead atoms. The monoisotopic (exact) mass is 414 g/mol. The van der Waals surface area contributed by atoms with Gasteiger partial charge >= 0.3 is 5.97 Å². The molecule has 0 aliphatic heterocycles. The maximum atomic E-state index is 12.9. The number of aryl methyl sites for hydroxylation is 1. The van der Waals surface area contributed by atoms with Gasteiger partial charge in [0.05, 0.1) is 11.7 Å². The first-order chi connectivity index (χ1) is 13.8. The van der Waals surface area contributed by atoms with Crippen LogP contribution in [0, 0.1) is 6.92 Å². The van der Waals surface area contributed by atoms with Gasteiger partial charge in [0.1, 0.15) is 11.4 Å². The maximum absolute atomic E-state index is 12.9. The molecule has 2 N–H and O–H groups in total. The van der Waals surface area contributed by atoms with Crippen LogP contribution >= 0.6 is 11.3 Å². The largest absolute Gasteiger partial charge is 0.454 e. The third-order valence-corrected chi connectivity index (χ3v) is 4.85. The Hall–Kier alpha value is -3.53. The summed E-state index contributed by atoms with van der Waals surface area (Å²) in [4.78, 5) is 51.9. The van der Waals surface area contributed by atoms with Gasteiger partial charge in [-0.3, -0.25) is 34.6 Å². The number of fused-ring (bicyclic) bond motifs is 1. The smallest absolute Gasteiger partial charge is 0.326 e. The molecule has 0 saturated heterocycles. The number of benzene rings is 1. The number of hydrogen-bond donors (Lipinski definition) is 2. The molecule has 2 heterocycles. The molecule has 0 aliphatic rings. The fraction of sp³-hybridized carbons (Fsp3) is 0.211. The van der Waals surface area contributed by atoms with E-state index in [1.165, 1.54) is 24.6 Å². The van der Waals surface area contributed by atoms with Gasteiger partial charge in [-0.05, 0) is 12.5 Å². The van der Waals surface area contributed by atoms with Crippen LogP contribution in [0.1, 0.15) is 12.5 Å².